The predicted molar refractivity (Wildman–Crippen MR) is 121 cm³/mol. The Morgan fingerprint density at radius 3 is 2.40 bits per heavy atom. The predicted octanol–water partition coefficient (Wildman–Crippen LogP) is 5.03. The largest absolute Gasteiger partial charge is 0.493 e. The third-order valence-corrected chi connectivity index (χ3v) is 6.09. The molecule has 3 aromatic carbocycles. The Morgan fingerprint density at radius 2 is 1.70 bits per heavy atom. The lowest BCUT2D eigenvalue weighted by Crippen LogP contribution is -2.19. The second-order valence-electron chi connectivity index (χ2n) is 7.24. The van der Waals surface area contributed by atoms with E-state index in [1.807, 2.05) is 18.2 Å². The zero-order valence-corrected chi connectivity index (χ0v) is 17.8. The topological polar surface area (TPSA) is 49.0 Å². The Balaban J connectivity index is 1.79. The van der Waals surface area contributed by atoms with E-state index in [4.69, 9.17) is 31.2 Å². The molecule has 0 aromatic heterocycles. The molecule has 1 atom stereocenters. The standard InChI is InChI=1S/C24H21NO4S/c1-26-18-10-14(11-19(27-2)23(18)28-3)20-16-9-8-13-6-4-5-7-15(13)22(16)25-17-12-29-24(30)21(17)20/h4-11,20,25H,12H2,1-3H3. The lowest BCUT2D eigenvalue weighted by atomic mass is 9.80. The van der Waals surface area contributed by atoms with Crippen molar-refractivity contribution in [2.45, 2.75) is 5.92 Å². The summed E-state index contributed by atoms with van der Waals surface area (Å²) in [7, 11) is 4.85. The van der Waals surface area contributed by atoms with Crippen molar-refractivity contribution in [3.8, 4) is 17.2 Å². The van der Waals surface area contributed by atoms with Gasteiger partial charge in [-0.2, -0.15) is 0 Å². The molecule has 152 valence electrons. The van der Waals surface area contributed by atoms with Crippen molar-refractivity contribution >= 4 is 33.7 Å². The van der Waals surface area contributed by atoms with Gasteiger partial charge >= 0.3 is 0 Å². The van der Waals surface area contributed by atoms with Crippen LogP contribution < -0.4 is 19.5 Å². The number of nitrogens with one attached hydrogen (secondary N) is 1. The molecular formula is C24H21NO4S. The van der Waals surface area contributed by atoms with Crippen LogP contribution in [0.4, 0.5) is 5.69 Å². The maximum atomic E-state index is 5.76. The van der Waals surface area contributed by atoms with E-state index in [2.05, 4.69) is 35.6 Å². The Bertz CT molecular complexity index is 1190. The second kappa shape index (κ2) is 7.22. The molecule has 5 nitrogen and oxygen atoms in total. The first-order chi connectivity index (χ1) is 14.7. The first-order valence-electron chi connectivity index (χ1n) is 9.65. The molecule has 2 heterocycles. The number of rotatable bonds is 4. The number of ether oxygens (including phenoxy) is 4. The van der Waals surface area contributed by atoms with Gasteiger partial charge < -0.3 is 24.3 Å². The van der Waals surface area contributed by atoms with Crippen LogP contribution in [0.3, 0.4) is 0 Å². The van der Waals surface area contributed by atoms with Crippen LogP contribution in [0.25, 0.3) is 10.8 Å². The summed E-state index contributed by atoms with van der Waals surface area (Å²) >= 11 is 5.58. The number of fused-ring (bicyclic) bond motifs is 3. The highest BCUT2D eigenvalue weighted by atomic mass is 32.1. The molecule has 0 fully saturated rings. The summed E-state index contributed by atoms with van der Waals surface area (Å²) in [6.07, 6.45) is 0. The Hall–Kier alpha value is -3.25. The van der Waals surface area contributed by atoms with Crippen molar-refractivity contribution in [2.24, 2.45) is 0 Å². The van der Waals surface area contributed by atoms with Crippen molar-refractivity contribution in [1.29, 1.82) is 0 Å². The maximum Gasteiger partial charge on any atom is 0.203 e. The minimum Gasteiger partial charge on any atom is -0.493 e. The van der Waals surface area contributed by atoms with Crippen molar-refractivity contribution in [3.63, 3.8) is 0 Å². The van der Waals surface area contributed by atoms with Crippen LogP contribution in [0.15, 0.2) is 59.8 Å². The number of hydrogen-bond donors (Lipinski definition) is 1. The van der Waals surface area contributed by atoms with E-state index >= 15 is 0 Å². The molecule has 2 aliphatic rings. The van der Waals surface area contributed by atoms with Gasteiger partial charge in [0.15, 0.2) is 16.5 Å². The van der Waals surface area contributed by atoms with Gasteiger partial charge in [0.25, 0.3) is 0 Å². The summed E-state index contributed by atoms with van der Waals surface area (Å²) in [4.78, 5) is 0. The van der Waals surface area contributed by atoms with Gasteiger partial charge in [-0.15, -0.1) is 0 Å². The molecule has 3 aromatic rings. The molecule has 6 heteroatoms. The van der Waals surface area contributed by atoms with Gasteiger partial charge in [0, 0.05) is 16.9 Å². The number of anilines is 1. The number of hydrogen-bond acceptors (Lipinski definition) is 6. The Labute approximate surface area is 180 Å². The first-order valence-corrected chi connectivity index (χ1v) is 10.1. The lowest BCUT2D eigenvalue weighted by molar-refractivity contribution is 0.323. The molecule has 0 radical (unpaired) electrons. The molecule has 0 aliphatic carbocycles. The number of thiocarbonyl (C=S) groups is 1. The zero-order valence-electron chi connectivity index (χ0n) is 16.9. The summed E-state index contributed by atoms with van der Waals surface area (Å²) in [5.41, 5.74) is 5.21. The van der Waals surface area contributed by atoms with E-state index in [0.717, 1.165) is 33.5 Å². The highest BCUT2D eigenvalue weighted by molar-refractivity contribution is 7.80. The molecule has 0 spiro atoms. The van der Waals surface area contributed by atoms with Gasteiger partial charge in [0.05, 0.1) is 32.7 Å². The van der Waals surface area contributed by atoms with Gasteiger partial charge in [-0.05, 0) is 40.9 Å². The molecule has 5 rings (SSSR count). The molecule has 0 saturated carbocycles. The van der Waals surface area contributed by atoms with E-state index < -0.39 is 0 Å². The third-order valence-electron chi connectivity index (χ3n) is 5.75. The van der Waals surface area contributed by atoms with Crippen molar-refractivity contribution < 1.29 is 18.9 Å². The van der Waals surface area contributed by atoms with E-state index in [0.29, 0.717) is 28.9 Å². The first kappa shape index (κ1) is 18.8. The van der Waals surface area contributed by atoms with Crippen LogP contribution in [-0.2, 0) is 4.74 Å². The van der Waals surface area contributed by atoms with Gasteiger partial charge in [-0.25, -0.2) is 0 Å². The molecule has 0 amide bonds. The summed E-state index contributed by atoms with van der Waals surface area (Å²) in [6.45, 7) is 0.442. The summed E-state index contributed by atoms with van der Waals surface area (Å²) in [5, 5.41) is 6.46. The fourth-order valence-corrected chi connectivity index (χ4v) is 4.70. The summed E-state index contributed by atoms with van der Waals surface area (Å²) in [6, 6.07) is 16.6. The molecule has 0 saturated heterocycles. The third kappa shape index (κ3) is 2.71. The number of methoxy groups -OCH3 is 3. The molecule has 30 heavy (non-hydrogen) atoms. The van der Waals surface area contributed by atoms with Gasteiger partial charge in [0.1, 0.15) is 6.61 Å². The van der Waals surface area contributed by atoms with Crippen LogP contribution in [0, 0.1) is 0 Å². The second-order valence-corrected chi connectivity index (χ2v) is 7.61. The Kier molecular flexibility index (Phi) is 4.51. The van der Waals surface area contributed by atoms with Crippen LogP contribution in [0.5, 0.6) is 17.2 Å². The van der Waals surface area contributed by atoms with Gasteiger partial charge in [0.2, 0.25) is 5.75 Å². The average molecular weight is 420 g/mol. The van der Waals surface area contributed by atoms with E-state index in [1.165, 1.54) is 5.39 Å². The van der Waals surface area contributed by atoms with Crippen LogP contribution in [-0.4, -0.2) is 33.0 Å². The van der Waals surface area contributed by atoms with Crippen molar-refractivity contribution in [3.05, 3.63) is 70.9 Å². The molecule has 1 N–H and O–H groups in total. The van der Waals surface area contributed by atoms with Gasteiger partial charge in [-0.1, -0.05) is 36.4 Å². The molecule has 0 bridgehead atoms. The van der Waals surface area contributed by atoms with Crippen LogP contribution in [0.1, 0.15) is 17.0 Å². The smallest absolute Gasteiger partial charge is 0.203 e. The van der Waals surface area contributed by atoms with Gasteiger partial charge in [-0.3, -0.25) is 0 Å². The highest BCUT2D eigenvalue weighted by Crippen LogP contribution is 2.50. The van der Waals surface area contributed by atoms with Crippen molar-refractivity contribution in [1.82, 2.24) is 0 Å². The average Bonchev–Trinajstić information content (AvgIpc) is 3.16. The van der Waals surface area contributed by atoms with E-state index in [1.54, 1.807) is 21.3 Å². The van der Waals surface area contributed by atoms with E-state index in [9.17, 15) is 0 Å². The minimum absolute atomic E-state index is 0.107. The monoisotopic (exact) mass is 419 g/mol. The Morgan fingerprint density at radius 1 is 0.967 bits per heavy atom. The zero-order chi connectivity index (χ0) is 20.8. The molecular weight excluding hydrogens is 398 g/mol. The van der Waals surface area contributed by atoms with Crippen molar-refractivity contribution in [2.75, 3.05) is 33.3 Å². The fraction of sp³-hybridized carbons (Fsp3) is 0.208. The SMILES string of the molecule is COc1cc(C2C3=C(COC3=S)Nc3c2ccc2ccccc32)cc(OC)c1OC. The normalized spacial score (nSPS) is 17.2. The van der Waals surface area contributed by atoms with Crippen LogP contribution in [0.2, 0.25) is 0 Å². The summed E-state index contributed by atoms with van der Waals surface area (Å²) < 4.78 is 22.5. The fourth-order valence-electron chi connectivity index (χ4n) is 4.40. The van der Waals surface area contributed by atoms with Crippen LogP contribution >= 0.6 is 12.2 Å². The number of benzene rings is 3. The molecule has 1 unspecified atom stereocenters. The maximum absolute atomic E-state index is 5.76. The van der Waals surface area contributed by atoms with E-state index in [-0.39, 0.29) is 5.92 Å². The summed E-state index contributed by atoms with van der Waals surface area (Å²) in [5.74, 6) is 1.68. The lowest BCUT2D eigenvalue weighted by Gasteiger charge is -2.29. The minimum atomic E-state index is -0.107. The quantitative estimate of drug-likeness (QED) is 0.599. The molecule has 2 aliphatic heterocycles. The highest BCUT2D eigenvalue weighted by Gasteiger charge is 2.37.